The van der Waals surface area contributed by atoms with Gasteiger partial charge in [0.05, 0.1) is 30.1 Å². The maximum atomic E-state index is 8.96. The lowest BCUT2D eigenvalue weighted by atomic mass is 10.1. The number of nitrogens with zero attached hydrogens (tertiary/aromatic N) is 7. The van der Waals surface area contributed by atoms with Gasteiger partial charge in [0, 0.05) is 18.7 Å². The Balaban J connectivity index is 1.73. The van der Waals surface area contributed by atoms with Crippen molar-refractivity contribution in [1.82, 2.24) is 29.8 Å². The standard InChI is InChI=1S/C16H15N7O/c17-9-12-1-3-14(4-2-12)23-15(10-22-7-6-18-21-22)19-16(20-23)13-5-8-24-11-13/h1-4,6-7,13H,5,8,10-11H2/t13-/m1/s1. The van der Waals surface area contributed by atoms with E-state index in [0.29, 0.717) is 18.7 Å². The summed E-state index contributed by atoms with van der Waals surface area (Å²) in [5, 5.41) is 21.5. The van der Waals surface area contributed by atoms with Gasteiger partial charge >= 0.3 is 0 Å². The fraction of sp³-hybridized carbons (Fsp3) is 0.312. The van der Waals surface area contributed by atoms with Crippen LogP contribution in [0.1, 0.15) is 29.6 Å². The zero-order chi connectivity index (χ0) is 16.4. The predicted molar refractivity (Wildman–Crippen MR) is 83.4 cm³/mol. The van der Waals surface area contributed by atoms with Crippen molar-refractivity contribution in [2.24, 2.45) is 0 Å². The third-order valence-corrected chi connectivity index (χ3v) is 4.00. The monoisotopic (exact) mass is 321 g/mol. The van der Waals surface area contributed by atoms with Gasteiger partial charge in [-0.2, -0.15) is 10.4 Å². The Morgan fingerprint density at radius 1 is 1.29 bits per heavy atom. The molecule has 0 saturated carbocycles. The van der Waals surface area contributed by atoms with E-state index in [4.69, 9.17) is 15.0 Å². The Labute approximate surface area is 138 Å². The van der Waals surface area contributed by atoms with Gasteiger partial charge in [0.2, 0.25) is 0 Å². The summed E-state index contributed by atoms with van der Waals surface area (Å²) >= 11 is 0. The number of benzene rings is 1. The Morgan fingerprint density at radius 3 is 2.83 bits per heavy atom. The number of aromatic nitrogens is 6. The molecule has 0 unspecified atom stereocenters. The quantitative estimate of drug-likeness (QED) is 0.718. The Hall–Kier alpha value is -3.05. The molecule has 1 aromatic carbocycles. The zero-order valence-electron chi connectivity index (χ0n) is 12.9. The molecule has 24 heavy (non-hydrogen) atoms. The molecule has 4 rings (SSSR count). The molecule has 1 fully saturated rings. The molecule has 2 aromatic heterocycles. The van der Waals surface area contributed by atoms with Gasteiger partial charge in [-0.3, -0.25) is 0 Å². The number of hydrogen-bond acceptors (Lipinski definition) is 6. The molecule has 0 N–H and O–H groups in total. The highest BCUT2D eigenvalue weighted by Crippen LogP contribution is 2.24. The van der Waals surface area contributed by atoms with Crippen LogP contribution in [0.4, 0.5) is 0 Å². The lowest BCUT2D eigenvalue weighted by molar-refractivity contribution is 0.193. The second kappa shape index (κ2) is 6.22. The zero-order valence-corrected chi connectivity index (χ0v) is 12.9. The van der Waals surface area contributed by atoms with Crippen LogP contribution in [-0.4, -0.2) is 43.0 Å². The van der Waals surface area contributed by atoms with Crippen LogP contribution in [-0.2, 0) is 11.3 Å². The summed E-state index contributed by atoms with van der Waals surface area (Å²) in [7, 11) is 0. The maximum absolute atomic E-state index is 8.96. The molecule has 0 bridgehead atoms. The molecule has 1 aliphatic rings. The largest absolute Gasteiger partial charge is 0.381 e. The first-order valence-electron chi connectivity index (χ1n) is 7.72. The van der Waals surface area contributed by atoms with E-state index in [1.807, 2.05) is 12.1 Å². The Kier molecular flexibility index (Phi) is 3.76. The molecule has 120 valence electrons. The number of ether oxygens (including phenoxy) is 1. The fourth-order valence-electron chi connectivity index (χ4n) is 2.72. The average Bonchev–Trinajstić information content (AvgIpc) is 3.37. The van der Waals surface area contributed by atoms with Crippen molar-refractivity contribution < 1.29 is 4.74 Å². The fourth-order valence-corrected chi connectivity index (χ4v) is 2.72. The smallest absolute Gasteiger partial charge is 0.156 e. The van der Waals surface area contributed by atoms with Crippen molar-refractivity contribution in [2.75, 3.05) is 13.2 Å². The molecule has 0 aliphatic carbocycles. The molecule has 8 nitrogen and oxygen atoms in total. The minimum atomic E-state index is 0.221. The van der Waals surface area contributed by atoms with Crippen LogP contribution < -0.4 is 0 Å². The van der Waals surface area contributed by atoms with Crippen molar-refractivity contribution in [2.45, 2.75) is 18.9 Å². The summed E-state index contributed by atoms with van der Waals surface area (Å²) in [5.74, 6) is 1.78. The summed E-state index contributed by atoms with van der Waals surface area (Å²) < 4.78 is 8.96. The second-order valence-corrected chi connectivity index (χ2v) is 5.62. The van der Waals surface area contributed by atoms with Gasteiger partial charge in [0.25, 0.3) is 0 Å². The van der Waals surface area contributed by atoms with E-state index < -0.39 is 0 Å². The minimum Gasteiger partial charge on any atom is -0.381 e. The molecule has 0 radical (unpaired) electrons. The Morgan fingerprint density at radius 2 is 2.17 bits per heavy atom. The first-order valence-corrected chi connectivity index (χ1v) is 7.72. The van der Waals surface area contributed by atoms with Crippen molar-refractivity contribution in [3.63, 3.8) is 0 Å². The third kappa shape index (κ3) is 2.77. The summed E-state index contributed by atoms with van der Waals surface area (Å²) in [5.41, 5.74) is 1.47. The van der Waals surface area contributed by atoms with Gasteiger partial charge in [0.1, 0.15) is 6.54 Å². The first-order chi connectivity index (χ1) is 11.8. The molecule has 1 atom stereocenters. The van der Waals surface area contributed by atoms with E-state index in [0.717, 1.165) is 30.4 Å². The van der Waals surface area contributed by atoms with Crippen LogP contribution in [0.15, 0.2) is 36.7 Å². The van der Waals surface area contributed by atoms with Gasteiger partial charge in [-0.1, -0.05) is 5.21 Å². The van der Waals surface area contributed by atoms with Crippen molar-refractivity contribution in [1.29, 1.82) is 5.26 Å². The van der Waals surface area contributed by atoms with E-state index in [9.17, 15) is 0 Å². The minimum absolute atomic E-state index is 0.221. The molecule has 1 saturated heterocycles. The van der Waals surface area contributed by atoms with Gasteiger partial charge in [-0.05, 0) is 30.7 Å². The van der Waals surface area contributed by atoms with Crippen LogP contribution in [0.5, 0.6) is 0 Å². The van der Waals surface area contributed by atoms with Crippen LogP contribution in [0.3, 0.4) is 0 Å². The van der Waals surface area contributed by atoms with Crippen LogP contribution >= 0.6 is 0 Å². The maximum Gasteiger partial charge on any atom is 0.156 e. The highest BCUT2D eigenvalue weighted by molar-refractivity contribution is 5.39. The highest BCUT2D eigenvalue weighted by Gasteiger charge is 2.24. The molecule has 0 amide bonds. The SMILES string of the molecule is N#Cc1ccc(-n2nc([C@@H]3CCOC3)nc2Cn2ccnn2)cc1. The molecule has 0 spiro atoms. The lowest BCUT2D eigenvalue weighted by Gasteiger charge is -2.05. The van der Waals surface area contributed by atoms with Crippen molar-refractivity contribution in [3.05, 3.63) is 53.9 Å². The molecule has 3 heterocycles. The van der Waals surface area contributed by atoms with Gasteiger partial charge in [-0.25, -0.2) is 14.3 Å². The highest BCUT2D eigenvalue weighted by atomic mass is 16.5. The van der Waals surface area contributed by atoms with Gasteiger partial charge in [-0.15, -0.1) is 5.10 Å². The summed E-state index contributed by atoms with van der Waals surface area (Å²) in [4.78, 5) is 4.70. The van der Waals surface area contributed by atoms with Crippen LogP contribution in [0.25, 0.3) is 5.69 Å². The van der Waals surface area contributed by atoms with Gasteiger partial charge in [0.15, 0.2) is 11.6 Å². The van der Waals surface area contributed by atoms with Crippen LogP contribution in [0, 0.1) is 11.3 Å². The predicted octanol–water partition coefficient (Wildman–Crippen LogP) is 1.28. The number of rotatable bonds is 4. The molecule has 8 heteroatoms. The van der Waals surface area contributed by atoms with Crippen molar-refractivity contribution in [3.8, 4) is 11.8 Å². The Bertz CT molecular complexity index is 855. The first kappa shape index (κ1) is 14.5. The number of nitriles is 1. The number of hydrogen-bond donors (Lipinski definition) is 0. The second-order valence-electron chi connectivity index (χ2n) is 5.62. The van der Waals surface area contributed by atoms with Crippen LogP contribution in [0.2, 0.25) is 0 Å². The van der Waals surface area contributed by atoms with E-state index in [2.05, 4.69) is 21.5 Å². The summed E-state index contributed by atoms with van der Waals surface area (Å²) in [6.45, 7) is 1.87. The molecular formula is C16H15N7O. The van der Waals surface area contributed by atoms with E-state index in [1.165, 1.54) is 0 Å². The van der Waals surface area contributed by atoms with E-state index in [1.54, 1.807) is 33.9 Å². The topological polar surface area (TPSA) is 94.4 Å². The van der Waals surface area contributed by atoms with E-state index >= 15 is 0 Å². The lowest BCUT2D eigenvalue weighted by Crippen LogP contribution is -2.09. The normalized spacial score (nSPS) is 17.0. The third-order valence-electron chi connectivity index (χ3n) is 4.00. The van der Waals surface area contributed by atoms with E-state index in [-0.39, 0.29) is 5.92 Å². The summed E-state index contributed by atoms with van der Waals surface area (Å²) in [6.07, 6.45) is 4.35. The summed E-state index contributed by atoms with van der Waals surface area (Å²) in [6, 6.07) is 9.40. The molecular weight excluding hydrogens is 306 g/mol. The van der Waals surface area contributed by atoms with Gasteiger partial charge < -0.3 is 4.74 Å². The van der Waals surface area contributed by atoms with Crippen molar-refractivity contribution >= 4 is 0 Å². The average molecular weight is 321 g/mol. The molecule has 1 aliphatic heterocycles. The molecule has 3 aromatic rings.